The summed E-state index contributed by atoms with van der Waals surface area (Å²) < 4.78 is 0. The van der Waals surface area contributed by atoms with Gasteiger partial charge in [0.2, 0.25) is 0 Å². The van der Waals surface area contributed by atoms with Gasteiger partial charge in [-0.2, -0.15) is 0 Å². The predicted octanol–water partition coefficient (Wildman–Crippen LogP) is 4.59. The van der Waals surface area contributed by atoms with E-state index in [1.165, 1.54) is 21.5 Å². The van der Waals surface area contributed by atoms with E-state index in [1.807, 2.05) is 0 Å². The molecule has 2 atom stereocenters. The Hall–Kier alpha value is -3.26. The van der Waals surface area contributed by atoms with Crippen LogP contribution in [0.2, 0.25) is 0 Å². The summed E-state index contributed by atoms with van der Waals surface area (Å²) in [5.74, 6) is 0.356. The van der Waals surface area contributed by atoms with Crippen molar-refractivity contribution in [1.29, 1.82) is 0 Å². The standard InChI is InChI=1S/C33H35N2OP/c36-33-32(22-24-35(33)28-21-23-34(26-28)25-27-13-5-1-6-14-27)37(29-15-7-2-8-16-29,30-17-9-3-10-18-30)31-19-11-4-12-20-31/h1-20,28,32,37H,21-26H2. The molecule has 4 heteroatoms. The fourth-order valence-corrected chi connectivity index (χ4v) is 12.2. The minimum absolute atomic E-state index is 0.0112. The number of benzene rings is 4. The van der Waals surface area contributed by atoms with Gasteiger partial charge in [-0.25, -0.2) is 0 Å². The van der Waals surface area contributed by atoms with E-state index in [0.29, 0.717) is 11.9 Å². The Bertz CT molecular complexity index is 1220. The van der Waals surface area contributed by atoms with E-state index < -0.39 is 7.26 Å². The Morgan fingerprint density at radius 1 is 0.622 bits per heavy atom. The van der Waals surface area contributed by atoms with Crippen LogP contribution in [0.5, 0.6) is 0 Å². The van der Waals surface area contributed by atoms with Gasteiger partial charge in [-0.15, -0.1) is 0 Å². The molecule has 0 spiro atoms. The summed E-state index contributed by atoms with van der Waals surface area (Å²) in [6.07, 6.45) is 1.97. The second kappa shape index (κ2) is 10.6. The van der Waals surface area contributed by atoms with Crippen LogP contribution in [0.15, 0.2) is 121 Å². The van der Waals surface area contributed by atoms with Gasteiger partial charge in [0.1, 0.15) is 0 Å². The summed E-state index contributed by atoms with van der Waals surface area (Å²) in [7, 11) is -2.63. The SMILES string of the molecule is O=C1C([PH](c2ccccc2)(c2ccccc2)c2ccccc2)CCN1C1CCN(Cc2ccccc2)C1. The summed E-state index contributed by atoms with van der Waals surface area (Å²) in [6.45, 7) is 3.82. The number of nitrogens with zero attached hydrogens (tertiary/aromatic N) is 2. The van der Waals surface area contributed by atoms with Crippen LogP contribution in [-0.2, 0) is 11.3 Å². The number of hydrogen-bond acceptors (Lipinski definition) is 2. The topological polar surface area (TPSA) is 23.6 Å². The molecule has 2 aliphatic rings. The van der Waals surface area contributed by atoms with Crippen molar-refractivity contribution < 1.29 is 4.79 Å². The molecule has 2 saturated heterocycles. The first-order valence-corrected chi connectivity index (χ1v) is 15.6. The first-order valence-electron chi connectivity index (χ1n) is 13.5. The molecule has 2 fully saturated rings. The number of carbonyl (C=O) groups excluding carboxylic acids is 1. The van der Waals surface area contributed by atoms with Crippen molar-refractivity contribution in [3.63, 3.8) is 0 Å². The van der Waals surface area contributed by atoms with E-state index in [1.54, 1.807) is 0 Å². The zero-order chi connectivity index (χ0) is 25.1. The van der Waals surface area contributed by atoms with Crippen molar-refractivity contribution in [2.75, 3.05) is 19.6 Å². The van der Waals surface area contributed by atoms with Gasteiger partial charge in [-0.05, 0) is 0 Å². The van der Waals surface area contributed by atoms with Crippen LogP contribution >= 0.6 is 7.26 Å². The molecule has 188 valence electrons. The summed E-state index contributed by atoms with van der Waals surface area (Å²) >= 11 is 0. The van der Waals surface area contributed by atoms with Crippen LogP contribution in [0.4, 0.5) is 0 Å². The molecule has 0 saturated carbocycles. The molecule has 3 nitrogen and oxygen atoms in total. The van der Waals surface area contributed by atoms with Gasteiger partial charge in [-0.3, -0.25) is 0 Å². The number of rotatable bonds is 7. The van der Waals surface area contributed by atoms with Crippen LogP contribution in [0.25, 0.3) is 0 Å². The third-order valence-electron chi connectivity index (χ3n) is 8.39. The summed E-state index contributed by atoms with van der Waals surface area (Å²) in [5, 5.41) is 3.97. The van der Waals surface area contributed by atoms with Crippen LogP contribution in [0.1, 0.15) is 18.4 Å². The Kier molecular flexibility index (Phi) is 6.91. The molecule has 1 amide bonds. The van der Waals surface area contributed by atoms with Gasteiger partial charge in [0.25, 0.3) is 0 Å². The molecule has 4 aromatic carbocycles. The zero-order valence-electron chi connectivity index (χ0n) is 21.2. The van der Waals surface area contributed by atoms with Crippen molar-refractivity contribution in [2.45, 2.75) is 31.1 Å². The molecule has 4 aromatic rings. The second-order valence-electron chi connectivity index (χ2n) is 10.4. The number of likely N-dealkylation sites (tertiary alicyclic amines) is 2. The molecule has 0 aliphatic carbocycles. The minimum atomic E-state index is -2.63. The molecule has 0 aromatic heterocycles. The molecule has 6 rings (SSSR count). The summed E-state index contributed by atoms with van der Waals surface area (Å²) in [5.41, 5.74) is 1.33. The van der Waals surface area contributed by atoms with Crippen molar-refractivity contribution >= 4 is 29.1 Å². The normalized spacial score (nSPS) is 20.9. The third-order valence-corrected chi connectivity index (χ3v) is 13.7. The quantitative estimate of drug-likeness (QED) is 0.343. The number of carbonyl (C=O) groups is 1. The first kappa shape index (κ1) is 24.1. The molecule has 2 unspecified atom stereocenters. The Morgan fingerprint density at radius 3 is 1.62 bits per heavy atom. The summed E-state index contributed by atoms with van der Waals surface area (Å²) in [6, 6.07) is 43.6. The molecule has 0 bridgehead atoms. The van der Waals surface area contributed by atoms with Gasteiger partial charge in [0, 0.05) is 0 Å². The van der Waals surface area contributed by atoms with Crippen molar-refractivity contribution in [2.24, 2.45) is 0 Å². The van der Waals surface area contributed by atoms with Crippen molar-refractivity contribution in [3.05, 3.63) is 127 Å². The van der Waals surface area contributed by atoms with Gasteiger partial charge >= 0.3 is 221 Å². The van der Waals surface area contributed by atoms with Crippen LogP contribution in [-0.4, -0.2) is 47.0 Å². The first-order chi connectivity index (χ1) is 18.3. The Morgan fingerprint density at radius 2 is 1.11 bits per heavy atom. The van der Waals surface area contributed by atoms with E-state index in [9.17, 15) is 4.79 Å². The average Bonchev–Trinajstić information content (AvgIpc) is 3.58. The summed E-state index contributed by atoms with van der Waals surface area (Å²) in [4.78, 5) is 19.2. The fourth-order valence-electron chi connectivity index (χ4n) is 6.72. The van der Waals surface area contributed by atoms with Crippen LogP contribution < -0.4 is 15.9 Å². The van der Waals surface area contributed by atoms with Crippen LogP contribution in [0.3, 0.4) is 0 Å². The molecule has 37 heavy (non-hydrogen) atoms. The predicted molar refractivity (Wildman–Crippen MR) is 157 cm³/mol. The second-order valence-corrected chi connectivity index (χ2v) is 14.5. The molecule has 2 aliphatic heterocycles. The third kappa shape index (κ3) is 4.52. The molecular weight excluding hydrogens is 471 g/mol. The van der Waals surface area contributed by atoms with Gasteiger partial charge in [-0.1, -0.05) is 0 Å². The monoisotopic (exact) mass is 506 g/mol. The van der Waals surface area contributed by atoms with E-state index in [0.717, 1.165) is 39.0 Å². The van der Waals surface area contributed by atoms with E-state index in [-0.39, 0.29) is 5.66 Å². The van der Waals surface area contributed by atoms with Crippen molar-refractivity contribution in [3.8, 4) is 0 Å². The van der Waals surface area contributed by atoms with Gasteiger partial charge < -0.3 is 0 Å². The van der Waals surface area contributed by atoms with E-state index >= 15 is 0 Å². The fraction of sp³-hybridized carbons (Fsp3) is 0.242. The van der Waals surface area contributed by atoms with Crippen molar-refractivity contribution in [1.82, 2.24) is 9.80 Å². The van der Waals surface area contributed by atoms with E-state index in [2.05, 4.69) is 131 Å². The Balaban J connectivity index is 1.35. The maximum absolute atomic E-state index is 14.5. The molecule has 2 heterocycles. The van der Waals surface area contributed by atoms with Gasteiger partial charge in [0.05, 0.1) is 0 Å². The van der Waals surface area contributed by atoms with E-state index in [4.69, 9.17) is 0 Å². The number of amides is 1. The van der Waals surface area contributed by atoms with Gasteiger partial charge in [0.15, 0.2) is 0 Å². The zero-order valence-corrected chi connectivity index (χ0v) is 22.2. The Labute approximate surface area is 221 Å². The van der Waals surface area contributed by atoms with Crippen LogP contribution in [0, 0.1) is 0 Å². The molecular formula is C33H35N2OP. The molecule has 0 radical (unpaired) electrons. The number of hydrogen-bond donors (Lipinski definition) is 0. The maximum atomic E-state index is 14.5. The average molecular weight is 507 g/mol. The molecule has 0 N–H and O–H groups in total.